The molecule has 128 valence electrons. The molecule has 3 saturated carbocycles. The second-order valence-corrected chi connectivity index (χ2v) is 8.62. The number of nitrogens with one attached hydrogen (secondary N) is 1. The van der Waals surface area contributed by atoms with Crippen LogP contribution in [0.2, 0.25) is 0 Å². The Morgan fingerprint density at radius 1 is 1.29 bits per heavy atom. The predicted molar refractivity (Wildman–Crippen MR) is 76.8 cm³/mol. The average Bonchev–Trinajstić information content (AvgIpc) is 2.37. The first-order valence-electron chi connectivity index (χ1n) is 7.05. The van der Waals surface area contributed by atoms with Gasteiger partial charge >= 0.3 is 6.18 Å². The first-order chi connectivity index (χ1) is 10.9. The smallest absolute Gasteiger partial charge is 0.346 e. The van der Waals surface area contributed by atoms with Crippen molar-refractivity contribution in [3.63, 3.8) is 0 Å². The lowest BCUT2D eigenvalue weighted by molar-refractivity contribution is -0.336. The van der Waals surface area contributed by atoms with E-state index in [2.05, 4.69) is 5.32 Å². The first kappa shape index (κ1) is 16.8. The maximum atomic E-state index is 12.8. The Bertz CT molecular complexity index is 864. The highest BCUT2D eigenvalue weighted by Gasteiger charge is 2.79. The lowest BCUT2D eigenvalue weighted by Gasteiger charge is -2.70. The van der Waals surface area contributed by atoms with Crippen LogP contribution in [0.25, 0.3) is 0 Å². The van der Waals surface area contributed by atoms with Crippen molar-refractivity contribution < 1.29 is 26.4 Å². The van der Waals surface area contributed by atoms with Crippen LogP contribution in [0.3, 0.4) is 0 Å². The van der Waals surface area contributed by atoms with Crippen molar-refractivity contribution in [3.05, 3.63) is 29.3 Å². The van der Waals surface area contributed by atoms with E-state index in [1.807, 2.05) is 0 Å². The van der Waals surface area contributed by atoms with Gasteiger partial charge in [-0.2, -0.15) is 18.4 Å². The van der Waals surface area contributed by atoms with E-state index in [4.69, 9.17) is 5.26 Å². The van der Waals surface area contributed by atoms with Crippen LogP contribution in [-0.2, 0) is 9.84 Å². The molecular formula is C15H13F3N2O3S. The van der Waals surface area contributed by atoms with E-state index in [1.165, 1.54) is 12.1 Å². The predicted octanol–water partition coefficient (Wildman–Crippen LogP) is 2.18. The van der Waals surface area contributed by atoms with Crippen LogP contribution in [0.4, 0.5) is 13.2 Å². The summed E-state index contributed by atoms with van der Waals surface area (Å²) in [5, 5.41) is 11.4. The van der Waals surface area contributed by atoms with Crippen molar-refractivity contribution in [1.82, 2.24) is 5.32 Å². The number of hydrogen-bond acceptors (Lipinski definition) is 4. The minimum atomic E-state index is -4.29. The van der Waals surface area contributed by atoms with E-state index in [-0.39, 0.29) is 35.3 Å². The Kier molecular flexibility index (Phi) is 3.30. The van der Waals surface area contributed by atoms with E-state index in [0.29, 0.717) is 0 Å². The van der Waals surface area contributed by atoms with E-state index in [0.717, 1.165) is 12.3 Å². The number of halogens is 3. The van der Waals surface area contributed by atoms with Crippen molar-refractivity contribution in [2.45, 2.75) is 35.9 Å². The maximum Gasteiger partial charge on any atom is 0.394 e. The zero-order valence-corrected chi connectivity index (χ0v) is 13.4. The van der Waals surface area contributed by atoms with Crippen LogP contribution in [0, 0.1) is 16.7 Å². The van der Waals surface area contributed by atoms with Crippen LogP contribution in [0.15, 0.2) is 23.1 Å². The molecule has 4 rings (SSSR count). The molecule has 1 N–H and O–H groups in total. The monoisotopic (exact) mass is 358 g/mol. The number of nitriles is 1. The van der Waals surface area contributed by atoms with Gasteiger partial charge in [0.15, 0.2) is 9.84 Å². The SMILES string of the molecule is CS(=O)(=O)c1cc(C#N)ccc1C(=O)NC12CC(C(F)(F)F)(C1)C2. The van der Waals surface area contributed by atoms with Gasteiger partial charge in [0.2, 0.25) is 0 Å². The quantitative estimate of drug-likeness (QED) is 0.897. The van der Waals surface area contributed by atoms with Gasteiger partial charge in [-0.15, -0.1) is 0 Å². The molecule has 1 aromatic carbocycles. The number of carbonyl (C=O) groups excluding carboxylic acids is 1. The summed E-state index contributed by atoms with van der Waals surface area (Å²) >= 11 is 0. The summed E-state index contributed by atoms with van der Waals surface area (Å²) < 4.78 is 62.2. The van der Waals surface area contributed by atoms with Gasteiger partial charge in [-0.05, 0) is 37.5 Å². The normalized spacial score (nSPS) is 28.3. The Morgan fingerprint density at radius 2 is 1.88 bits per heavy atom. The Morgan fingerprint density at radius 3 is 2.33 bits per heavy atom. The fourth-order valence-electron chi connectivity index (χ4n) is 3.62. The summed E-state index contributed by atoms with van der Waals surface area (Å²) in [4.78, 5) is 12.1. The van der Waals surface area contributed by atoms with Gasteiger partial charge < -0.3 is 5.32 Å². The molecule has 0 spiro atoms. The standard InChI is InChI=1S/C15H13F3N2O3S/c1-24(22,23)11-4-9(5-19)2-3-10(11)12(21)20-14-6-13(7-14,8-14)15(16,17)18/h2-4H,6-8H2,1H3,(H,20,21). The third kappa shape index (κ3) is 2.36. The third-order valence-electron chi connectivity index (χ3n) is 4.77. The van der Waals surface area contributed by atoms with Gasteiger partial charge in [-0.1, -0.05) is 0 Å². The Balaban J connectivity index is 1.83. The minimum absolute atomic E-state index is 0.0773. The van der Waals surface area contributed by atoms with Crippen molar-refractivity contribution in [1.29, 1.82) is 5.26 Å². The molecule has 1 amide bonds. The summed E-state index contributed by atoms with van der Waals surface area (Å²) in [6.45, 7) is 0. The second kappa shape index (κ2) is 4.72. The van der Waals surface area contributed by atoms with Gasteiger partial charge in [0.05, 0.1) is 27.5 Å². The molecule has 24 heavy (non-hydrogen) atoms. The molecule has 1 aromatic rings. The number of benzene rings is 1. The summed E-state index contributed by atoms with van der Waals surface area (Å²) in [6, 6.07) is 5.37. The highest BCUT2D eigenvalue weighted by Crippen LogP contribution is 2.73. The molecule has 3 aliphatic carbocycles. The lowest BCUT2D eigenvalue weighted by atomic mass is 9.39. The van der Waals surface area contributed by atoms with Crippen LogP contribution in [0.5, 0.6) is 0 Å². The van der Waals surface area contributed by atoms with Crippen LogP contribution >= 0.6 is 0 Å². The van der Waals surface area contributed by atoms with Gasteiger partial charge in [0, 0.05) is 11.8 Å². The van der Waals surface area contributed by atoms with E-state index < -0.39 is 32.9 Å². The molecule has 0 aliphatic heterocycles. The Hall–Kier alpha value is -2.08. The van der Waals surface area contributed by atoms with E-state index >= 15 is 0 Å². The lowest BCUT2D eigenvalue weighted by Crippen LogP contribution is -2.78. The third-order valence-corrected chi connectivity index (χ3v) is 5.90. The van der Waals surface area contributed by atoms with E-state index in [9.17, 15) is 26.4 Å². The molecule has 0 atom stereocenters. The van der Waals surface area contributed by atoms with Gasteiger partial charge in [-0.3, -0.25) is 4.79 Å². The van der Waals surface area contributed by atoms with Crippen molar-refractivity contribution >= 4 is 15.7 Å². The number of carbonyl (C=O) groups is 1. The molecule has 3 fully saturated rings. The first-order valence-corrected chi connectivity index (χ1v) is 8.94. The topological polar surface area (TPSA) is 87.0 Å². The molecule has 0 saturated heterocycles. The van der Waals surface area contributed by atoms with Gasteiger partial charge in [0.25, 0.3) is 5.91 Å². The largest absolute Gasteiger partial charge is 0.394 e. The zero-order chi connectivity index (χ0) is 18.0. The zero-order valence-electron chi connectivity index (χ0n) is 12.6. The number of sulfone groups is 1. The van der Waals surface area contributed by atoms with Crippen molar-refractivity contribution in [3.8, 4) is 6.07 Å². The van der Waals surface area contributed by atoms with Gasteiger partial charge in [0.1, 0.15) is 0 Å². The number of hydrogen-bond donors (Lipinski definition) is 1. The molecule has 0 heterocycles. The highest BCUT2D eigenvalue weighted by atomic mass is 32.2. The van der Waals surface area contributed by atoms with E-state index in [1.54, 1.807) is 6.07 Å². The molecule has 5 nitrogen and oxygen atoms in total. The molecule has 9 heteroatoms. The average molecular weight is 358 g/mol. The molecule has 0 aromatic heterocycles. The molecule has 2 bridgehead atoms. The molecule has 0 radical (unpaired) electrons. The minimum Gasteiger partial charge on any atom is -0.346 e. The second-order valence-electron chi connectivity index (χ2n) is 6.64. The van der Waals surface area contributed by atoms with Crippen molar-refractivity contribution in [2.24, 2.45) is 5.41 Å². The van der Waals surface area contributed by atoms with Crippen LogP contribution < -0.4 is 5.32 Å². The number of amides is 1. The van der Waals surface area contributed by atoms with Crippen LogP contribution in [0.1, 0.15) is 35.2 Å². The summed E-state index contributed by atoms with van der Waals surface area (Å²) in [5.74, 6) is -0.740. The number of rotatable bonds is 3. The molecular weight excluding hydrogens is 345 g/mol. The molecule has 3 aliphatic rings. The maximum absolute atomic E-state index is 12.8. The number of alkyl halides is 3. The molecule has 0 unspecified atom stereocenters. The highest BCUT2D eigenvalue weighted by molar-refractivity contribution is 7.90. The summed E-state index contributed by atoms with van der Waals surface area (Å²) in [5.41, 5.74) is -2.70. The Labute approximate surface area is 136 Å². The van der Waals surface area contributed by atoms with Gasteiger partial charge in [-0.25, -0.2) is 8.42 Å². The fourth-order valence-corrected chi connectivity index (χ4v) is 4.52. The summed E-state index contributed by atoms with van der Waals surface area (Å²) in [7, 11) is -3.77. The van der Waals surface area contributed by atoms with Crippen LogP contribution in [-0.4, -0.2) is 32.3 Å². The fraction of sp³-hybridized carbons (Fsp3) is 0.467. The van der Waals surface area contributed by atoms with Crippen molar-refractivity contribution in [2.75, 3.05) is 6.26 Å². The summed E-state index contributed by atoms with van der Waals surface area (Å²) in [6.07, 6.45) is -3.93. The number of nitrogens with zero attached hydrogens (tertiary/aromatic N) is 1.